The van der Waals surface area contributed by atoms with Crippen LogP contribution in [0.25, 0.3) is 0 Å². The van der Waals surface area contributed by atoms with E-state index in [4.69, 9.17) is 9.47 Å². The monoisotopic (exact) mass is 279 g/mol. The number of nitrogens with one attached hydrogen (secondary N) is 1. The van der Waals surface area contributed by atoms with Crippen molar-refractivity contribution in [3.63, 3.8) is 0 Å². The lowest BCUT2D eigenvalue weighted by atomic mass is 10.3. The third-order valence-corrected chi connectivity index (χ3v) is 2.15. The Morgan fingerprint density at radius 2 is 1.84 bits per heavy atom. The Morgan fingerprint density at radius 3 is 2.37 bits per heavy atom. The fourth-order valence-electron chi connectivity index (χ4n) is 1.48. The number of rotatable bonds is 7. The molecule has 4 nitrogen and oxygen atoms in total. The standard InChI is InChI=1S/C12H16F3NO3/c1-16-7-9(8-17-2)18-10-5-3-4-6-11(10)19-12(13,14)15/h3-6,9,16H,7-8H2,1-2H3. The molecule has 1 unspecified atom stereocenters. The van der Waals surface area contributed by atoms with Gasteiger partial charge < -0.3 is 19.5 Å². The number of para-hydroxylation sites is 2. The Morgan fingerprint density at radius 1 is 1.21 bits per heavy atom. The van der Waals surface area contributed by atoms with Crippen molar-refractivity contribution < 1.29 is 27.4 Å². The van der Waals surface area contributed by atoms with Gasteiger partial charge in [-0.05, 0) is 19.2 Å². The fraction of sp³-hybridized carbons (Fsp3) is 0.500. The second-order valence-electron chi connectivity index (χ2n) is 3.75. The molecule has 7 heteroatoms. The predicted octanol–water partition coefficient (Wildman–Crippen LogP) is 2.20. The summed E-state index contributed by atoms with van der Waals surface area (Å²) in [6.07, 6.45) is -5.16. The zero-order chi connectivity index (χ0) is 14.3. The minimum atomic E-state index is -4.75. The quantitative estimate of drug-likeness (QED) is 0.830. The minimum absolute atomic E-state index is 0.0251. The van der Waals surface area contributed by atoms with Crippen LogP contribution in [0, 0.1) is 0 Å². The van der Waals surface area contributed by atoms with E-state index < -0.39 is 12.5 Å². The van der Waals surface area contributed by atoms with Crippen molar-refractivity contribution in [1.29, 1.82) is 0 Å². The van der Waals surface area contributed by atoms with Crippen LogP contribution in [0.4, 0.5) is 13.2 Å². The van der Waals surface area contributed by atoms with Crippen LogP contribution >= 0.6 is 0 Å². The largest absolute Gasteiger partial charge is 0.573 e. The third-order valence-electron chi connectivity index (χ3n) is 2.15. The average Bonchev–Trinajstić information content (AvgIpc) is 2.30. The van der Waals surface area contributed by atoms with Gasteiger partial charge in [-0.15, -0.1) is 13.2 Å². The molecular weight excluding hydrogens is 263 g/mol. The zero-order valence-electron chi connectivity index (χ0n) is 10.7. The molecule has 0 amide bonds. The Bertz CT molecular complexity index is 379. The molecule has 0 heterocycles. The molecule has 0 aliphatic carbocycles. The Hall–Kier alpha value is -1.47. The number of hydrogen-bond donors (Lipinski definition) is 1. The molecule has 0 saturated heterocycles. The summed E-state index contributed by atoms with van der Waals surface area (Å²) in [7, 11) is 3.20. The van der Waals surface area contributed by atoms with Crippen LogP contribution in [-0.2, 0) is 4.74 Å². The van der Waals surface area contributed by atoms with Crippen molar-refractivity contribution in [2.45, 2.75) is 12.5 Å². The van der Waals surface area contributed by atoms with Crippen LogP contribution in [0.1, 0.15) is 0 Å². The number of halogens is 3. The van der Waals surface area contributed by atoms with Gasteiger partial charge in [-0.3, -0.25) is 0 Å². The number of alkyl halides is 3. The van der Waals surface area contributed by atoms with E-state index in [0.29, 0.717) is 6.54 Å². The molecule has 1 atom stereocenters. The van der Waals surface area contributed by atoms with Gasteiger partial charge in [0.15, 0.2) is 11.5 Å². The summed E-state index contributed by atoms with van der Waals surface area (Å²) in [4.78, 5) is 0. The smallest absolute Gasteiger partial charge is 0.483 e. The molecule has 0 spiro atoms. The average molecular weight is 279 g/mol. The molecule has 0 fully saturated rings. The molecule has 108 valence electrons. The van der Waals surface area contributed by atoms with E-state index >= 15 is 0 Å². The maximum atomic E-state index is 12.2. The molecule has 0 aromatic heterocycles. The maximum absolute atomic E-state index is 12.2. The lowest BCUT2D eigenvalue weighted by molar-refractivity contribution is -0.275. The maximum Gasteiger partial charge on any atom is 0.573 e. The van der Waals surface area contributed by atoms with E-state index in [1.807, 2.05) is 0 Å². The first-order chi connectivity index (χ1) is 8.96. The first kappa shape index (κ1) is 15.6. The highest BCUT2D eigenvalue weighted by molar-refractivity contribution is 5.39. The van der Waals surface area contributed by atoms with Crippen LogP contribution in [0.15, 0.2) is 24.3 Å². The van der Waals surface area contributed by atoms with Crippen molar-refractivity contribution in [2.24, 2.45) is 0 Å². The van der Waals surface area contributed by atoms with Crippen molar-refractivity contribution in [3.8, 4) is 11.5 Å². The highest BCUT2D eigenvalue weighted by atomic mass is 19.4. The SMILES string of the molecule is CNCC(COC)Oc1ccccc1OC(F)(F)F. The van der Waals surface area contributed by atoms with Crippen molar-refractivity contribution in [3.05, 3.63) is 24.3 Å². The van der Waals surface area contributed by atoms with Gasteiger partial charge >= 0.3 is 6.36 Å². The molecule has 0 radical (unpaired) electrons. The fourth-order valence-corrected chi connectivity index (χ4v) is 1.48. The number of benzene rings is 1. The highest BCUT2D eigenvalue weighted by Crippen LogP contribution is 2.32. The Kier molecular flexibility index (Phi) is 5.91. The van der Waals surface area contributed by atoms with Gasteiger partial charge in [-0.2, -0.15) is 0 Å². The van der Waals surface area contributed by atoms with E-state index in [0.717, 1.165) is 0 Å². The van der Waals surface area contributed by atoms with Crippen molar-refractivity contribution in [1.82, 2.24) is 5.32 Å². The molecular formula is C12H16F3NO3. The minimum Gasteiger partial charge on any atom is -0.483 e. The summed E-state index contributed by atoms with van der Waals surface area (Å²) >= 11 is 0. The summed E-state index contributed by atoms with van der Waals surface area (Å²) in [5.74, 6) is -0.343. The Labute approximate surface area is 109 Å². The highest BCUT2D eigenvalue weighted by Gasteiger charge is 2.32. The molecule has 19 heavy (non-hydrogen) atoms. The molecule has 0 aliphatic rings. The topological polar surface area (TPSA) is 39.7 Å². The zero-order valence-corrected chi connectivity index (χ0v) is 10.7. The summed E-state index contributed by atoms with van der Waals surface area (Å²) in [5, 5.41) is 2.87. The molecule has 0 aliphatic heterocycles. The molecule has 1 aromatic rings. The van der Waals surface area contributed by atoms with E-state index in [-0.39, 0.29) is 18.1 Å². The van der Waals surface area contributed by atoms with Crippen LogP contribution in [0.3, 0.4) is 0 Å². The normalized spacial score (nSPS) is 13.1. The number of hydrogen-bond acceptors (Lipinski definition) is 4. The summed E-state index contributed by atoms with van der Waals surface area (Å²) in [6, 6.07) is 5.63. The molecule has 0 saturated carbocycles. The van der Waals surface area contributed by atoms with Crippen molar-refractivity contribution in [2.75, 3.05) is 27.3 Å². The van der Waals surface area contributed by atoms with Crippen LogP contribution < -0.4 is 14.8 Å². The lowest BCUT2D eigenvalue weighted by Crippen LogP contribution is -2.33. The second kappa shape index (κ2) is 7.20. The van der Waals surface area contributed by atoms with Gasteiger partial charge in [-0.25, -0.2) is 0 Å². The van der Waals surface area contributed by atoms with Crippen LogP contribution in [0.2, 0.25) is 0 Å². The van der Waals surface area contributed by atoms with Crippen molar-refractivity contribution >= 4 is 0 Å². The summed E-state index contributed by atoms with van der Waals surface area (Å²) < 4.78 is 51.0. The van der Waals surface area contributed by atoms with Gasteiger partial charge in [0.25, 0.3) is 0 Å². The molecule has 1 aromatic carbocycles. The molecule has 0 bridgehead atoms. The number of methoxy groups -OCH3 is 1. The first-order valence-corrected chi connectivity index (χ1v) is 5.61. The predicted molar refractivity (Wildman–Crippen MR) is 63.3 cm³/mol. The molecule has 1 rings (SSSR count). The summed E-state index contributed by atoms with van der Waals surface area (Å²) in [5.41, 5.74) is 0. The second-order valence-corrected chi connectivity index (χ2v) is 3.75. The number of likely N-dealkylation sites (N-methyl/N-ethyl adjacent to an activating group) is 1. The third kappa shape index (κ3) is 5.80. The van der Waals surface area contributed by atoms with Crippen LogP contribution in [0.5, 0.6) is 11.5 Å². The van der Waals surface area contributed by atoms with Gasteiger partial charge in [0.2, 0.25) is 0 Å². The van der Waals surface area contributed by atoms with E-state index in [1.165, 1.54) is 25.3 Å². The van der Waals surface area contributed by atoms with Gasteiger partial charge in [0.05, 0.1) is 6.61 Å². The van der Waals surface area contributed by atoms with Crippen LogP contribution in [-0.4, -0.2) is 39.8 Å². The lowest BCUT2D eigenvalue weighted by Gasteiger charge is -2.20. The van der Waals surface area contributed by atoms with E-state index in [2.05, 4.69) is 10.1 Å². The van der Waals surface area contributed by atoms with Gasteiger partial charge in [-0.1, -0.05) is 12.1 Å². The van der Waals surface area contributed by atoms with E-state index in [1.54, 1.807) is 13.1 Å². The Balaban J connectivity index is 2.81. The van der Waals surface area contributed by atoms with E-state index in [9.17, 15) is 13.2 Å². The number of ether oxygens (including phenoxy) is 3. The van der Waals surface area contributed by atoms with Gasteiger partial charge in [0, 0.05) is 13.7 Å². The first-order valence-electron chi connectivity index (χ1n) is 5.61. The summed E-state index contributed by atoms with van der Waals surface area (Å²) in [6.45, 7) is 0.690. The van der Waals surface area contributed by atoms with Gasteiger partial charge in [0.1, 0.15) is 6.10 Å². The molecule has 1 N–H and O–H groups in total.